The number of para-hydroxylation sites is 1. The van der Waals surface area contributed by atoms with Crippen molar-refractivity contribution < 1.29 is 19.1 Å². The first-order chi connectivity index (χ1) is 22.8. The summed E-state index contributed by atoms with van der Waals surface area (Å²) in [5, 5.41) is 17.2. The summed E-state index contributed by atoms with van der Waals surface area (Å²) in [6.45, 7) is 1.86. The van der Waals surface area contributed by atoms with Crippen LogP contribution in [0, 0.1) is 23.7 Å². The van der Waals surface area contributed by atoms with Gasteiger partial charge in [-0.2, -0.15) is 5.10 Å². The van der Waals surface area contributed by atoms with Crippen LogP contribution in [0.3, 0.4) is 0 Å². The maximum atomic E-state index is 14.2. The fraction of sp³-hybridized carbons (Fsp3) is 0.457. The zero-order valence-electron chi connectivity index (χ0n) is 26.4. The highest BCUT2D eigenvalue weighted by atomic mass is 32.2. The Morgan fingerprint density at radius 2 is 1.72 bits per heavy atom. The van der Waals surface area contributed by atoms with Crippen molar-refractivity contribution in [1.29, 1.82) is 0 Å². The molecule has 2 aromatic heterocycles. The third-order valence-electron chi connectivity index (χ3n) is 10.2. The molecule has 4 bridgehead atoms. The van der Waals surface area contributed by atoms with Crippen molar-refractivity contribution in [3.8, 4) is 0 Å². The highest BCUT2D eigenvalue weighted by Gasteiger charge is 2.50. The summed E-state index contributed by atoms with van der Waals surface area (Å²) in [5.74, 6) is 1.88. The van der Waals surface area contributed by atoms with Crippen molar-refractivity contribution in [3.63, 3.8) is 0 Å². The third kappa shape index (κ3) is 7.02. The molecule has 8 rings (SSSR count). The number of aromatic nitrogens is 4. The summed E-state index contributed by atoms with van der Waals surface area (Å²) in [4.78, 5) is 48.1. The number of alkyl carbamates (subject to hydrolysis) is 1. The topological polar surface area (TPSA) is 154 Å². The standard InChI is InChI=1S/C35H41N7O4S/c1-35(16-26-17-36-28-10-6-5-9-27(26)28,41-34(45)46-31-24-12-21-11-22(14-24)15-25(31)13-21)32(44)37-18-29(23-7-3-2-4-8-23)40-30(43)19-47-33-38-20-39-42-33/h2-10,17,20-22,24-25,29,31,36H,11-16,18-19H2,1H3,(H,37,44)(H,40,43)(H,41,45)(H,38,39,42)/t21?,22?,24?,25?,29-,31?,35+/m0/s1. The molecule has 4 fully saturated rings. The fourth-order valence-corrected chi connectivity index (χ4v) is 8.84. The molecule has 0 aliphatic heterocycles. The average molecular weight is 656 g/mol. The molecule has 0 radical (unpaired) electrons. The SMILES string of the molecule is C[C@](Cc1c[nH]c2ccccc12)(NC(=O)OC1C2CC3CC(C2)CC1C3)C(=O)NC[C@H](NC(=O)CSc1ncn[nH]1)c1ccccc1. The summed E-state index contributed by atoms with van der Waals surface area (Å²) in [6, 6.07) is 16.9. The Morgan fingerprint density at radius 3 is 2.45 bits per heavy atom. The van der Waals surface area contributed by atoms with Gasteiger partial charge in [0.25, 0.3) is 0 Å². The Balaban J connectivity index is 1.07. The van der Waals surface area contributed by atoms with Crippen LogP contribution in [0.25, 0.3) is 10.9 Å². The highest BCUT2D eigenvalue weighted by molar-refractivity contribution is 7.99. The van der Waals surface area contributed by atoms with E-state index in [1.54, 1.807) is 6.92 Å². The van der Waals surface area contributed by atoms with Crippen molar-refractivity contribution >= 4 is 40.6 Å². The molecule has 0 saturated heterocycles. The summed E-state index contributed by atoms with van der Waals surface area (Å²) in [5.41, 5.74) is 1.38. The van der Waals surface area contributed by atoms with Crippen LogP contribution in [0.1, 0.15) is 56.2 Å². The van der Waals surface area contributed by atoms with E-state index < -0.39 is 17.7 Å². The summed E-state index contributed by atoms with van der Waals surface area (Å²) < 4.78 is 6.18. The van der Waals surface area contributed by atoms with Crippen LogP contribution in [-0.2, 0) is 20.7 Å². The minimum atomic E-state index is -1.33. The minimum Gasteiger partial charge on any atom is -0.446 e. The average Bonchev–Trinajstić information content (AvgIpc) is 3.74. The Labute approximate surface area is 277 Å². The van der Waals surface area contributed by atoms with Gasteiger partial charge in [-0.1, -0.05) is 60.3 Å². The Morgan fingerprint density at radius 1 is 1.00 bits per heavy atom. The molecule has 4 aromatic rings. The smallest absolute Gasteiger partial charge is 0.408 e. The molecule has 2 atom stereocenters. The van der Waals surface area contributed by atoms with Gasteiger partial charge in [0.2, 0.25) is 11.8 Å². The zero-order valence-corrected chi connectivity index (χ0v) is 27.2. The minimum absolute atomic E-state index is 0.101. The molecule has 4 aliphatic carbocycles. The van der Waals surface area contributed by atoms with E-state index in [4.69, 9.17) is 4.74 Å². The van der Waals surface area contributed by atoms with Crippen LogP contribution >= 0.6 is 11.8 Å². The van der Waals surface area contributed by atoms with Crippen molar-refractivity contribution in [2.45, 2.75) is 68.3 Å². The molecule has 0 spiro atoms. The van der Waals surface area contributed by atoms with E-state index in [0.717, 1.165) is 59.5 Å². The predicted octanol–water partition coefficient (Wildman–Crippen LogP) is 4.90. The lowest BCUT2D eigenvalue weighted by atomic mass is 9.55. The molecule has 12 heteroatoms. The number of aromatic amines is 2. The quantitative estimate of drug-likeness (QED) is 0.136. The monoisotopic (exact) mass is 655 g/mol. The summed E-state index contributed by atoms with van der Waals surface area (Å²) in [7, 11) is 0. The second-order valence-electron chi connectivity index (χ2n) is 13.6. The van der Waals surface area contributed by atoms with Crippen LogP contribution < -0.4 is 16.0 Å². The Kier molecular flexibility index (Phi) is 8.94. The third-order valence-corrected chi connectivity index (χ3v) is 11.1. The van der Waals surface area contributed by atoms with E-state index in [0.29, 0.717) is 17.0 Å². The van der Waals surface area contributed by atoms with Gasteiger partial charge in [-0.25, -0.2) is 9.78 Å². The highest BCUT2D eigenvalue weighted by Crippen LogP contribution is 2.54. The number of benzene rings is 2. The number of thioether (sulfide) groups is 1. The molecule has 47 heavy (non-hydrogen) atoms. The second kappa shape index (κ2) is 13.4. The first kappa shape index (κ1) is 31.3. The van der Waals surface area contributed by atoms with E-state index in [9.17, 15) is 14.4 Å². The molecule has 3 amide bonds. The first-order valence-corrected chi connectivity index (χ1v) is 17.5. The number of ether oxygens (including phenoxy) is 1. The number of amides is 3. The number of nitrogens with zero attached hydrogens (tertiary/aromatic N) is 2. The van der Waals surface area contributed by atoms with Gasteiger partial charge in [0.1, 0.15) is 18.0 Å². The van der Waals surface area contributed by atoms with Gasteiger partial charge in [-0.05, 0) is 79.9 Å². The van der Waals surface area contributed by atoms with Crippen LogP contribution in [-0.4, -0.2) is 62.0 Å². The lowest BCUT2D eigenvalue weighted by Crippen LogP contribution is -2.60. The lowest BCUT2D eigenvalue weighted by molar-refractivity contribution is -0.128. The van der Waals surface area contributed by atoms with Gasteiger partial charge < -0.3 is 25.7 Å². The van der Waals surface area contributed by atoms with Crippen molar-refractivity contribution in [3.05, 3.63) is 78.2 Å². The molecule has 5 N–H and O–H groups in total. The van der Waals surface area contributed by atoms with Gasteiger partial charge in [0, 0.05) is 30.1 Å². The number of carbonyl (C=O) groups is 3. The number of H-pyrrole nitrogens is 2. The van der Waals surface area contributed by atoms with E-state index in [1.807, 2.05) is 60.8 Å². The second-order valence-corrected chi connectivity index (χ2v) is 14.6. The molecule has 11 nitrogen and oxygen atoms in total. The summed E-state index contributed by atoms with van der Waals surface area (Å²) >= 11 is 1.24. The fourth-order valence-electron chi connectivity index (χ4n) is 8.25. The van der Waals surface area contributed by atoms with Crippen molar-refractivity contribution in [2.24, 2.45) is 23.7 Å². The van der Waals surface area contributed by atoms with Crippen molar-refractivity contribution in [2.75, 3.05) is 12.3 Å². The lowest BCUT2D eigenvalue weighted by Gasteiger charge is -2.53. The zero-order chi connectivity index (χ0) is 32.4. The molecule has 4 aliphatic rings. The molecule has 2 heterocycles. The number of hydrogen-bond donors (Lipinski definition) is 5. The molecule has 0 unspecified atom stereocenters. The molecule has 2 aromatic carbocycles. The van der Waals surface area contributed by atoms with Gasteiger partial charge in [-0.15, -0.1) is 0 Å². The number of fused-ring (bicyclic) bond motifs is 1. The van der Waals surface area contributed by atoms with Crippen LogP contribution in [0.4, 0.5) is 4.79 Å². The number of carbonyl (C=O) groups excluding carboxylic acids is 3. The van der Waals surface area contributed by atoms with Crippen LogP contribution in [0.2, 0.25) is 0 Å². The normalized spacial score (nSPS) is 24.7. The first-order valence-electron chi connectivity index (χ1n) is 16.5. The Bertz CT molecular complexity index is 1680. The van der Waals surface area contributed by atoms with Crippen LogP contribution in [0.5, 0.6) is 0 Å². The molecule has 246 valence electrons. The van der Waals surface area contributed by atoms with Gasteiger partial charge in [0.05, 0.1) is 11.8 Å². The maximum Gasteiger partial charge on any atom is 0.408 e. The predicted molar refractivity (Wildman–Crippen MR) is 178 cm³/mol. The van der Waals surface area contributed by atoms with Gasteiger partial charge in [0.15, 0.2) is 5.16 Å². The number of hydrogen-bond acceptors (Lipinski definition) is 7. The molecular formula is C35H41N7O4S. The number of rotatable bonds is 12. The largest absolute Gasteiger partial charge is 0.446 e. The van der Waals surface area contributed by atoms with Crippen LogP contribution in [0.15, 0.2) is 72.3 Å². The van der Waals surface area contributed by atoms with Crippen molar-refractivity contribution in [1.82, 2.24) is 36.1 Å². The van der Waals surface area contributed by atoms with E-state index in [1.165, 1.54) is 24.5 Å². The summed E-state index contributed by atoms with van der Waals surface area (Å²) in [6.07, 6.45) is 8.69. The number of nitrogens with one attached hydrogen (secondary N) is 5. The van der Waals surface area contributed by atoms with E-state index in [2.05, 4.69) is 36.1 Å². The van der Waals surface area contributed by atoms with E-state index in [-0.39, 0.29) is 36.6 Å². The van der Waals surface area contributed by atoms with Gasteiger partial charge >= 0.3 is 6.09 Å². The maximum absolute atomic E-state index is 14.2. The Hall–Kier alpha value is -4.32. The molecule has 4 saturated carbocycles. The molecular weight excluding hydrogens is 614 g/mol. The van der Waals surface area contributed by atoms with E-state index >= 15 is 0 Å². The van der Waals surface area contributed by atoms with Gasteiger partial charge in [-0.3, -0.25) is 14.7 Å².